The van der Waals surface area contributed by atoms with Crippen molar-refractivity contribution in [3.05, 3.63) is 122 Å². The lowest BCUT2D eigenvalue weighted by atomic mass is 10.1. The highest BCUT2D eigenvalue weighted by Gasteiger charge is 2.19. The lowest BCUT2D eigenvalue weighted by Gasteiger charge is -2.18. The smallest absolute Gasteiger partial charge is 0.306 e. The Hall–Kier alpha value is -4.19. The Labute approximate surface area is 348 Å². The second kappa shape index (κ2) is 44.5. The van der Waals surface area contributed by atoms with E-state index in [2.05, 4.69) is 93.7 Å². The number of unbranched alkanes of at least 4 members (excludes halogenated alkanes) is 10. The van der Waals surface area contributed by atoms with Gasteiger partial charge >= 0.3 is 17.9 Å². The fourth-order valence-corrected chi connectivity index (χ4v) is 5.34. The molecule has 6 nitrogen and oxygen atoms in total. The monoisotopic (exact) mass is 787 g/mol. The van der Waals surface area contributed by atoms with Crippen LogP contribution in [0.25, 0.3) is 0 Å². The minimum atomic E-state index is -0.822. The summed E-state index contributed by atoms with van der Waals surface area (Å²) in [4.78, 5) is 37.7. The molecule has 0 spiro atoms. The molecule has 0 saturated carbocycles. The van der Waals surface area contributed by atoms with E-state index < -0.39 is 6.10 Å². The zero-order valence-electron chi connectivity index (χ0n) is 36.0. The Balaban J connectivity index is 4.57. The molecule has 0 aromatic heterocycles. The Bertz CT molecular complexity index is 1270. The normalized spacial score (nSPS) is 13.2. The predicted molar refractivity (Wildman–Crippen MR) is 242 cm³/mol. The lowest BCUT2D eigenvalue weighted by Crippen LogP contribution is -2.30. The quantitative estimate of drug-likeness (QED) is 0.0205. The molecule has 57 heavy (non-hydrogen) atoms. The van der Waals surface area contributed by atoms with Crippen molar-refractivity contribution in [2.24, 2.45) is 0 Å². The molecule has 0 bridgehead atoms. The Morgan fingerprint density at radius 2 is 0.719 bits per heavy atom. The summed E-state index contributed by atoms with van der Waals surface area (Å²) in [5, 5.41) is 0. The largest absolute Gasteiger partial charge is 0.462 e. The average molecular weight is 787 g/mol. The molecular formula is C51H78O6. The topological polar surface area (TPSA) is 78.9 Å². The van der Waals surface area contributed by atoms with Gasteiger partial charge in [-0.05, 0) is 96.3 Å². The Kier molecular flexibility index (Phi) is 41.3. The number of carbonyl (C=O) groups is 3. The van der Waals surface area contributed by atoms with E-state index in [0.29, 0.717) is 19.3 Å². The number of allylic oxidation sites excluding steroid dienone is 20. The molecule has 0 aliphatic rings. The standard InChI is InChI=1S/C51H78O6/c1-4-7-10-13-16-19-22-25-26-27-30-32-35-38-41-44-50(53)56-47-48(57-51(54)45-42-39-36-33-29-24-21-18-15-12-9-6-3)46-55-49(52)43-40-37-34-31-28-23-20-17-14-11-8-5-2/h7-13,16-22,25-27,29-30,33,48H,4-6,14-15,23-24,28,31-32,34-47H2,1-3H3/b10-7-,11-8-,12-9-,16-13-,20-17-,21-18-,22-19-,26-25-,30-27-,33-29-. The molecule has 0 aliphatic carbocycles. The van der Waals surface area contributed by atoms with Crippen molar-refractivity contribution in [2.75, 3.05) is 13.2 Å². The maximum atomic E-state index is 12.7. The van der Waals surface area contributed by atoms with Crippen LogP contribution in [0.15, 0.2) is 122 Å². The molecule has 6 heteroatoms. The first-order valence-electron chi connectivity index (χ1n) is 22.1. The number of hydrogen-bond acceptors (Lipinski definition) is 6. The summed E-state index contributed by atoms with van der Waals surface area (Å²) in [7, 11) is 0. The molecule has 318 valence electrons. The van der Waals surface area contributed by atoms with Gasteiger partial charge in [-0.1, -0.05) is 168 Å². The molecule has 0 amide bonds. The summed E-state index contributed by atoms with van der Waals surface area (Å²) in [6.45, 7) is 6.14. The third-order valence-electron chi connectivity index (χ3n) is 8.57. The van der Waals surface area contributed by atoms with Crippen LogP contribution in [-0.4, -0.2) is 37.2 Å². The number of ether oxygens (including phenoxy) is 3. The van der Waals surface area contributed by atoms with Crippen LogP contribution in [0.5, 0.6) is 0 Å². The van der Waals surface area contributed by atoms with Gasteiger partial charge in [-0.25, -0.2) is 0 Å². The van der Waals surface area contributed by atoms with Crippen molar-refractivity contribution in [1.29, 1.82) is 0 Å². The molecule has 0 heterocycles. The first kappa shape index (κ1) is 52.8. The van der Waals surface area contributed by atoms with Gasteiger partial charge < -0.3 is 14.2 Å². The minimum Gasteiger partial charge on any atom is -0.462 e. The fraction of sp³-hybridized carbons (Fsp3) is 0.549. The van der Waals surface area contributed by atoms with Crippen LogP contribution in [0.2, 0.25) is 0 Å². The number of rotatable bonds is 37. The van der Waals surface area contributed by atoms with Gasteiger partial charge in [-0.3, -0.25) is 14.4 Å². The summed E-state index contributed by atoms with van der Waals surface area (Å²) < 4.78 is 16.6. The highest BCUT2D eigenvalue weighted by molar-refractivity contribution is 5.71. The van der Waals surface area contributed by atoms with Gasteiger partial charge in [0.05, 0.1) is 0 Å². The third kappa shape index (κ3) is 42.8. The summed E-state index contributed by atoms with van der Waals surface area (Å²) in [5.74, 6) is -1.03. The van der Waals surface area contributed by atoms with Gasteiger partial charge in [-0.15, -0.1) is 0 Å². The van der Waals surface area contributed by atoms with E-state index in [0.717, 1.165) is 116 Å². The van der Waals surface area contributed by atoms with E-state index >= 15 is 0 Å². The van der Waals surface area contributed by atoms with E-state index in [4.69, 9.17) is 14.2 Å². The van der Waals surface area contributed by atoms with Crippen molar-refractivity contribution >= 4 is 17.9 Å². The van der Waals surface area contributed by atoms with Crippen LogP contribution in [0, 0.1) is 0 Å². The number of hydrogen-bond donors (Lipinski definition) is 0. The van der Waals surface area contributed by atoms with Crippen LogP contribution < -0.4 is 0 Å². The molecule has 0 fully saturated rings. The van der Waals surface area contributed by atoms with Gasteiger partial charge in [0.1, 0.15) is 13.2 Å². The van der Waals surface area contributed by atoms with Gasteiger partial charge in [0.2, 0.25) is 0 Å². The zero-order valence-corrected chi connectivity index (χ0v) is 36.0. The molecule has 0 aromatic carbocycles. The van der Waals surface area contributed by atoms with Crippen LogP contribution in [-0.2, 0) is 28.6 Å². The number of carbonyl (C=O) groups excluding carboxylic acids is 3. The van der Waals surface area contributed by atoms with Gasteiger partial charge in [0.25, 0.3) is 0 Å². The summed E-state index contributed by atoms with van der Waals surface area (Å²) >= 11 is 0. The van der Waals surface area contributed by atoms with Crippen molar-refractivity contribution in [3.63, 3.8) is 0 Å². The molecule has 0 saturated heterocycles. The minimum absolute atomic E-state index is 0.119. The Morgan fingerprint density at radius 3 is 1.25 bits per heavy atom. The molecule has 0 N–H and O–H groups in total. The summed E-state index contributed by atoms with van der Waals surface area (Å²) in [6, 6.07) is 0. The predicted octanol–water partition coefficient (Wildman–Crippen LogP) is 14.2. The Morgan fingerprint density at radius 1 is 0.368 bits per heavy atom. The highest BCUT2D eigenvalue weighted by atomic mass is 16.6. The third-order valence-corrected chi connectivity index (χ3v) is 8.57. The van der Waals surface area contributed by atoms with Gasteiger partial charge in [0.15, 0.2) is 6.10 Å². The molecular weight excluding hydrogens is 709 g/mol. The fourth-order valence-electron chi connectivity index (χ4n) is 5.34. The van der Waals surface area contributed by atoms with Gasteiger partial charge in [0, 0.05) is 19.3 Å². The first-order chi connectivity index (χ1) is 28.0. The van der Waals surface area contributed by atoms with Crippen LogP contribution in [0.1, 0.15) is 162 Å². The first-order valence-corrected chi connectivity index (χ1v) is 22.1. The number of esters is 3. The van der Waals surface area contributed by atoms with Crippen LogP contribution >= 0.6 is 0 Å². The van der Waals surface area contributed by atoms with Crippen molar-refractivity contribution in [2.45, 2.75) is 168 Å². The summed E-state index contributed by atoms with van der Waals surface area (Å²) in [5.41, 5.74) is 0. The van der Waals surface area contributed by atoms with Crippen LogP contribution in [0.4, 0.5) is 0 Å². The van der Waals surface area contributed by atoms with E-state index in [1.807, 2.05) is 48.6 Å². The van der Waals surface area contributed by atoms with Crippen molar-refractivity contribution in [3.8, 4) is 0 Å². The molecule has 1 atom stereocenters. The van der Waals surface area contributed by atoms with Crippen molar-refractivity contribution in [1.82, 2.24) is 0 Å². The van der Waals surface area contributed by atoms with E-state index in [-0.39, 0.29) is 37.5 Å². The molecule has 0 aliphatic heterocycles. The second-order valence-electron chi connectivity index (χ2n) is 13.9. The maximum Gasteiger partial charge on any atom is 0.306 e. The van der Waals surface area contributed by atoms with E-state index in [1.54, 1.807) is 0 Å². The second-order valence-corrected chi connectivity index (χ2v) is 13.9. The van der Waals surface area contributed by atoms with Gasteiger partial charge in [-0.2, -0.15) is 0 Å². The van der Waals surface area contributed by atoms with E-state index in [9.17, 15) is 14.4 Å². The highest BCUT2D eigenvalue weighted by Crippen LogP contribution is 2.11. The maximum absolute atomic E-state index is 12.7. The van der Waals surface area contributed by atoms with Crippen molar-refractivity contribution < 1.29 is 28.6 Å². The molecule has 0 radical (unpaired) electrons. The molecule has 1 unspecified atom stereocenters. The average Bonchev–Trinajstić information content (AvgIpc) is 3.21. The summed E-state index contributed by atoms with van der Waals surface area (Å²) in [6.07, 6.45) is 60.4. The molecule has 0 aromatic rings. The zero-order chi connectivity index (χ0) is 41.5. The molecule has 0 rings (SSSR count). The SMILES string of the molecule is CC\C=C/C=C\C=C/C=C\C=C/CCCCCC(=O)OCC(COC(=O)CCCCCCC/C=C\C/C=C\CC)OC(=O)CCCC/C=C\C/C=C\C/C=C\CC. The van der Waals surface area contributed by atoms with E-state index in [1.165, 1.54) is 0 Å². The lowest BCUT2D eigenvalue weighted by molar-refractivity contribution is -0.167. The van der Waals surface area contributed by atoms with Crippen LogP contribution in [0.3, 0.4) is 0 Å².